The first-order chi connectivity index (χ1) is 8.43. The van der Waals surface area contributed by atoms with Crippen LogP contribution in [-0.2, 0) is 23.5 Å². The minimum absolute atomic E-state index is 0.239. The van der Waals surface area contributed by atoms with Gasteiger partial charge in [-0.15, -0.1) is 10.2 Å². The molecule has 96 valence electrons. The van der Waals surface area contributed by atoms with Crippen molar-refractivity contribution in [3.05, 3.63) is 29.8 Å². The van der Waals surface area contributed by atoms with E-state index in [-0.39, 0.29) is 5.16 Å². The Morgan fingerprint density at radius 1 is 1.22 bits per heavy atom. The molecular weight excluding hydrogens is 252 g/mol. The number of rotatable bonds is 3. The topological polar surface area (TPSA) is 90.9 Å². The summed E-state index contributed by atoms with van der Waals surface area (Å²) in [7, 11) is -2.27. The third-order valence-corrected chi connectivity index (χ3v) is 3.57. The second-order valence-electron chi connectivity index (χ2n) is 3.96. The second-order valence-corrected chi connectivity index (χ2v) is 5.42. The molecule has 0 saturated heterocycles. The Morgan fingerprint density at radius 3 is 2.28 bits per heavy atom. The van der Waals surface area contributed by atoms with E-state index in [1.807, 2.05) is 24.3 Å². The summed E-state index contributed by atoms with van der Waals surface area (Å²) in [5.41, 5.74) is 2.00. The Hall–Kier alpha value is -1.73. The first-order valence-electron chi connectivity index (χ1n) is 5.45. The number of hydrogen-bond acceptors (Lipinski definition) is 4. The van der Waals surface area contributed by atoms with Crippen LogP contribution in [0, 0.1) is 0 Å². The Balaban J connectivity index is 2.49. The highest BCUT2D eigenvalue weighted by molar-refractivity contribution is 7.89. The van der Waals surface area contributed by atoms with Crippen LogP contribution in [0.1, 0.15) is 12.5 Å². The second kappa shape index (κ2) is 4.51. The van der Waals surface area contributed by atoms with Crippen molar-refractivity contribution in [1.29, 1.82) is 0 Å². The van der Waals surface area contributed by atoms with E-state index in [1.54, 1.807) is 7.05 Å². The first-order valence-corrected chi connectivity index (χ1v) is 6.99. The molecule has 1 heterocycles. The van der Waals surface area contributed by atoms with Gasteiger partial charge in [0.15, 0.2) is 5.82 Å². The standard InChI is InChI=1S/C11H14N4O2S/c1-3-8-4-6-9(7-5-8)10-13-14-11(15(10)2)18(12,16)17/h4-7H,3H2,1-2H3,(H2,12,16,17). The lowest BCUT2D eigenvalue weighted by atomic mass is 10.1. The molecule has 0 radical (unpaired) electrons. The molecular formula is C11H14N4O2S. The zero-order valence-electron chi connectivity index (χ0n) is 10.2. The molecule has 2 N–H and O–H groups in total. The lowest BCUT2D eigenvalue weighted by Gasteiger charge is -2.03. The molecule has 0 aliphatic carbocycles. The fourth-order valence-corrected chi connectivity index (χ4v) is 2.33. The summed E-state index contributed by atoms with van der Waals surface area (Å²) in [6.07, 6.45) is 0.946. The van der Waals surface area contributed by atoms with E-state index in [0.717, 1.165) is 12.0 Å². The SMILES string of the molecule is CCc1ccc(-c2nnc(S(N)(=O)=O)n2C)cc1. The number of aryl methyl sites for hydroxylation is 1. The van der Waals surface area contributed by atoms with Crippen LogP contribution < -0.4 is 5.14 Å². The van der Waals surface area contributed by atoms with Crippen molar-refractivity contribution in [1.82, 2.24) is 14.8 Å². The Kier molecular flexibility index (Phi) is 3.18. The van der Waals surface area contributed by atoms with Crippen LogP contribution in [0.15, 0.2) is 29.4 Å². The van der Waals surface area contributed by atoms with E-state index < -0.39 is 10.0 Å². The largest absolute Gasteiger partial charge is 0.300 e. The number of sulfonamides is 1. The molecule has 0 fully saturated rings. The highest BCUT2D eigenvalue weighted by Crippen LogP contribution is 2.19. The Labute approximate surface area is 106 Å². The maximum absolute atomic E-state index is 11.3. The van der Waals surface area contributed by atoms with Gasteiger partial charge in [0.25, 0.3) is 15.2 Å². The van der Waals surface area contributed by atoms with Crippen LogP contribution in [0.2, 0.25) is 0 Å². The van der Waals surface area contributed by atoms with E-state index >= 15 is 0 Å². The number of nitrogens with two attached hydrogens (primary N) is 1. The zero-order chi connectivity index (χ0) is 13.3. The smallest absolute Gasteiger partial charge is 0.273 e. The molecule has 1 aromatic heterocycles. The van der Waals surface area contributed by atoms with E-state index in [4.69, 9.17) is 5.14 Å². The van der Waals surface area contributed by atoms with Gasteiger partial charge in [-0.25, -0.2) is 13.6 Å². The molecule has 0 aliphatic rings. The molecule has 0 atom stereocenters. The van der Waals surface area contributed by atoms with Crippen LogP contribution in [0.5, 0.6) is 0 Å². The molecule has 0 spiro atoms. The third-order valence-electron chi connectivity index (χ3n) is 2.71. The molecule has 0 unspecified atom stereocenters. The number of nitrogens with zero attached hydrogens (tertiary/aromatic N) is 3. The van der Waals surface area contributed by atoms with Crippen LogP contribution in [0.25, 0.3) is 11.4 Å². The molecule has 18 heavy (non-hydrogen) atoms. The molecule has 0 aliphatic heterocycles. The predicted octanol–water partition coefficient (Wildman–Crippen LogP) is 0.692. The lowest BCUT2D eigenvalue weighted by molar-refractivity contribution is 0.580. The van der Waals surface area contributed by atoms with E-state index in [0.29, 0.717) is 5.82 Å². The van der Waals surface area contributed by atoms with Crippen molar-refractivity contribution in [3.63, 3.8) is 0 Å². The highest BCUT2D eigenvalue weighted by Gasteiger charge is 2.19. The van der Waals surface area contributed by atoms with Gasteiger partial charge in [0.1, 0.15) is 0 Å². The first kappa shape index (κ1) is 12.7. The summed E-state index contributed by atoms with van der Waals surface area (Å²) in [5, 5.41) is 12.3. The van der Waals surface area contributed by atoms with Gasteiger partial charge in [0, 0.05) is 12.6 Å². The van der Waals surface area contributed by atoms with Crippen molar-refractivity contribution >= 4 is 10.0 Å². The minimum Gasteiger partial charge on any atom is -0.300 e. The van der Waals surface area contributed by atoms with Gasteiger partial charge in [-0.1, -0.05) is 31.2 Å². The van der Waals surface area contributed by atoms with Crippen LogP contribution in [-0.4, -0.2) is 23.2 Å². The lowest BCUT2D eigenvalue weighted by Crippen LogP contribution is -2.17. The Bertz CT molecular complexity index is 659. The van der Waals surface area contributed by atoms with Crippen molar-refractivity contribution in [2.45, 2.75) is 18.5 Å². The maximum Gasteiger partial charge on any atom is 0.273 e. The van der Waals surface area contributed by atoms with Crippen molar-refractivity contribution < 1.29 is 8.42 Å². The van der Waals surface area contributed by atoms with E-state index in [1.165, 1.54) is 10.1 Å². The number of primary sulfonamides is 1. The molecule has 7 heteroatoms. The van der Waals surface area contributed by atoms with Gasteiger partial charge < -0.3 is 0 Å². The fourth-order valence-electron chi connectivity index (χ4n) is 1.70. The number of hydrogen-bond donors (Lipinski definition) is 1. The van der Waals surface area contributed by atoms with E-state index in [2.05, 4.69) is 17.1 Å². The van der Waals surface area contributed by atoms with Gasteiger partial charge in [-0.3, -0.25) is 4.57 Å². The summed E-state index contributed by atoms with van der Waals surface area (Å²) in [6, 6.07) is 7.72. The minimum atomic E-state index is -3.84. The van der Waals surface area contributed by atoms with Crippen molar-refractivity contribution in [2.75, 3.05) is 0 Å². The molecule has 0 bridgehead atoms. The van der Waals surface area contributed by atoms with Crippen molar-refractivity contribution in [2.24, 2.45) is 12.2 Å². The quantitative estimate of drug-likeness (QED) is 0.885. The summed E-state index contributed by atoms with van der Waals surface area (Å²) in [4.78, 5) is 0. The molecule has 6 nitrogen and oxygen atoms in total. The summed E-state index contributed by atoms with van der Waals surface area (Å²) in [6.45, 7) is 2.07. The number of aromatic nitrogens is 3. The van der Waals surface area contributed by atoms with Crippen LogP contribution in [0.4, 0.5) is 0 Å². The van der Waals surface area contributed by atoms with Gasteiger partial charge in [-0.05, 0) is 12.0 Å². The summed E-state index contributed by atoms with van der Waals surface area (Å²) < 4.78 is 23.9. The van der Waals surface area contributed by atoms with Gasteiger partial charge >= 0.3 is 0 Å². The average molecular weight is 266 g/mol. The van der Waals surface area contributed by atoms with Gasteiger partial charge in [0.05, 0.1) is 0 Å². The Morgan fingerprint density at radius 2 is 1.83 bits per heavy atom. The maximum atomic E-state index is 11.3. The van der Waals surface area contributed by atoms with Crippen LogP contribution in [0.3, 0.4) is 0 Å². The van der Waals surface area contributed by atoms with Crippen LogP contribution >= 0.6 is 0 Å². The molecule has 0 saturated carbocycles. The van der Waals surface area contributed by atoms with Gasteiger partial charge in [-0.2, -0.15) is 0 Å². The normalized spacial score (nSPS) is 11.7. The monoisotopic (exact) mass is 266 g/mol. The highest BCUT2D eigenvalue weighted by atomic mass is 32.2. The number of benzene rings is 1. The van der Waals surface area contributed by atoms with E-state index in [9.17, 15) is 8.42 Å². The molecule has 0 amide bonds. The average Bonchev–Trinajstić information content (AvgIpc) is 2.71. The van der Waals surface area contributed by atoms with Crippen molar-refractivity contribution in [3.8, 4) is 11.4 Å². The zero-order valence-corrected chi connectivity index (χ0v) is 11.0. The molecule has 1 aromatic carbocycles. The fraction of sp³-hybridized carbons (Fsp3) is 0.273. The molecule has 2 rings (SSSR count). The van der Waals surface area contributed by atoms with Gasteiger partial charge in [0.2, 0.25) is 0 Å². The third kappa shape index (κ3) is 2.27. The summed E-state index contributed by atoms with van der Waals surface area (Å²) >= 11 is 0. The molecule has 2 aromatic rings. The predicted molar refractivity (Wildman–Crippen MR) is 67.2 cm³/mol. The summed E-state index contributed by atoms with van der Waals surface area (Å²) in [5.74, 6) is 0.474.